The summed E-state index contributed by atoms with van der Waals surface area (Å²) in [6.45, 7) is 4.96. The van der Waals surface area contributed by atoms with Crippen molar-refractivity contribution in [1.29, 1.82) is 0 Å². The van der Waals surface area contributed by atoms with E-state index in [4.69, 9.17) is 4.42 Å². The molecule has 3 rings (SSSR count). The molecule has 1 aliphatic rings. The summed E-state index contributed by atoms with van der Waals surface area (Å²) in [6.07, 6.45) is 3.75. The van der Waals surface area contributed by atoms with Crippen LogP contribution < -0.4 is 5.32 Å². The van der Waals surface area contributed by atoms with Gasteiger partial charge in [-0.25, -0.2) is 0 Å². The van der Waals surface area contributed by atoms with Crippen LogP contribution in [0.1, 0.15) is 34.8 Å². The number of rotatable bonds is 8. The zero-order valence-corrected chi connectivity index (χ0v) is 13.7. The largest absolute Gasteiger partial charge is 0.463 e. The summed E-state index contributed by atoms with van der Waals surface area (Å²) < 4.78 is 6.00. The van der Waals surface area contributed by atoms with Gasteiger partial charge in [-0.15, -0.1) is 11.3 Å². The van der Waals surface area contributed by atoms with Crippen LogP contribution in [0.25, 0.3) is 0 Å². The van der Waals surface area contributed by atoms with Crippen LogP contribution in [0.4, 0.5) is 0 Å². The molecule has 2 aromatic rings. The Kier molecular flexibility index (Phi) is 4.78. The predicted octanol–water partition coefficient (Wildman–Crippen LogP) is 3.58. The summed E-state index contributed by atoms with van der Waals surface area (Å²) in [5, 5.41) is 5.66. The van der Waals surface area contributed by atoms with Crippen molar-refractivity contribution in [2.45, 2.75) is 45.3 Å². The predicted molar refractivity (Wildman–Crippen MR) is 87.7 cm³/mol. The van der Waals surface area contributed by atoms with Crippen LogP contribution in [0.2, 0.25) is 0 Å². The molecule has 0 spiro atoms. The van der Waals surface area contributed by atoms with E-state index in [9.17, 15) is 0 Å². The molecule has 0 saturated heterocycles. The van der Waals surface area contributed by atoms with Crippen LogP contribution in [0.5, 0.6) is 0 Å². The second-order valence-corrected chi connectivity index (χ2v) is 7.07. The Bertz CT molecular complexity index is 557. The van der Waals surface area contributed by atoms with E-state index in [0.717, 1.165) is 43.6 Å². The molecule has 21 heavy (non-hydrogen) atoms. The fraction of sp³-hybridized carbons (Fsp3) is 0.529. The molecule has 1 fully saturated rings. The minimum atomic E-state index is 0.728. The number of nitrogens with one attached hydrogen (secondary N) is 1. The van der Waals surface area contributed by atoms with E-state index < -0.39 is 0 Å². The van der Waals surface area contributed by atoms with E-state index in [0.29, 0.717) is 0 Å². The fourth-order valence-corrected chi connectivity index (χ4v) is 3.17. The van der Waals surface area contributed by atoms with E-state index in [-0.39, 0.29) is 0 Å². The molecule has 2 aromatic heterocycles. The minimum Gasteiger partial charge on any atom is -0.463 e. The molecule has 2 heterocycles. The first-order valence-corrected chi connectivity index (χ1v) is 8.61. The van der Waals surface area contributed by atoms with Crippen LogP contribution in [0, 0.1) is 6.92 Å². The highest BCUT2D eigenvalue weighted by molar-refractivity contribution is 7.09. The van der Waals surface area contributed by atoms with Gasteiger partial charge < -0.3 is 9.73 Å². The van der Waals surface area contributed by atoms with Gasteiger partial charge in [-0.1, -0.05) is 6.07 Å². The van der Waals surface area contributed by atoms with E-state index in [1.807, 2.05) is 11.3 Å². The Balaban J connectivity index is 1.48. The Labute approximate surface area is 131 Å². The zero-order valence-electron chi connectivity index (χ0n) is 12.9. The van der Waals surface area contributed by atoms with E-state index >= 15 is 0 Å². The number of hydrogen-bond donors (Lipinski definition) is 1. The summed E-state index contributed by atoms with van der Waals surface area (Å²) in [5.74, 6) is 2.18. The fourth-order valence-electron chi connectivity index (χ4n) is 2.47. The molecule has 0 aromatic carbocycles. The second-order valence-electron chi connectivity index (χ2n) is 6.04. The van der Waals surface area contributed by atoms with Gasteiger partial charge in [-0.2, -0.15) is 0 Å². The first-order valence-electron chi connectivity index (χ1n) is 7.73. The van der Waals surface area contributed by atoms with E-state index in [1.165, 1.54) is 23.3 Å². The average Bonchev–Trinajstić information content (AvgIpc) is 3.01. The minimum absolute atomic E-state index is 0.728. The molecule has 0 bridgehead atoms. The number of aryl methyl sites for hydroxylation is 1. The summed E-state index contributed by atoms with van der Waals surface area (Å²) in [6, 6.07) is 7.24. The van der Waals surface area contributed by atoms with Crippen molar-refractivity contribution in [2.75, 3.05) is 13.6 Å². The molecule has 0 amide bonds. The lowest BCUT2D eigenvalue weighted by molar-refractivity contribution is 0.293. The lowest BCUT2D eigenvalue weighted by Gasteiger charge is -2.14. The van der Waals surface area contributed by atoms with E-state index in [2.05, 4.69) is 47.8 Å². The van der Waals surface area contributed by atoms with Gasteiger partial charge in [-0.3, -0.25) is 4.90 Å². The highest BCUT2D eigenvalue weighted by Gasteiger charge is 2.21. The van der Waals surface area contributed by atoms with E-state index in [1.54, 1.807) is 0 Å². The normalized spacial score (nSPS) is 15.0. The topological polar surface area (TPSA) is 28.4 Å². The highest BCUT2D eigenvalue weighted by Crippen LogP contribution is 2.21. The van der Waals surface area contributed by atoms with Gasteiger partial charge in [0.1, 0.15) is 11.5 Å². The number of hydrogen-bond acceptors (Lipinski definition) is 4. The quantitative estimate of drug-likeness (QED) is 0.808. The maximum absolute atomic E-state index is 6.00. The Morgan fingerprint density at radius 2 is 2.29 bits per heavy atom. The third-order valence-corrected chi connectivity index (χ3v) is 4.88. The molecule has 1 N–H and O–H groups in total. The monoisotopic (exact) mass is 304 g/mol. The summed E-state index contributed by atoms with van der Waals surface area (Å²) in [5.41, 5.74) is 1.27. The standard InChI is InChI=1S/C17H24N2OS/c1-13-10-15(20-17(13)11-18-14-5-6-14)12-19(2)8-7-16-4-3-9-21-16/h3-4,9-10,14,18H,5-8,11-12H2,1-2H3. The number of furan rings is 1. The zero-order chi connectivity index (χ0) is 14.7. The van der Waals surface area contributed by atoms with Crippen LogP contribution >= 0.6 is 11.3 Å². The summed E-state index contributed by atoms with van der Waals surface area (Å²) in [4.78, 5) is 3.78. The first kappa shape index (κ1) is 14.8. The molecule has 4 heteroatoms. The van der Waals surface area contributed by atoms with Crippen molar-refractivity contribution in [3.63, 3.8) is 0 Å². The number of thiophene rings is 1. The molecule has 0 unspecified atom stereocenters. The lowest BCUT2D eigenvalue weighted by Crippen LogP contribution is -2.20. The first-order chi connectivity index (χ1) is 10.2. The van der Waals surface area contributed by atoms with Crippen molar-refractivity contribution in [3.05, 3.63) is 45.5 Å². The third kappa shape index (κ3) is 4.43. The molecule has 0 radical (unpaired) electrons. The molecular formula is C17H24N2OS. The maximum Gasteiger partial charge on any atom is 0.120 e. The van der Waals surface area contributed by atoms with Gasteiger partial charge in [0.25, 0.3) is 0 Å². The Hall–Kier alpha value is -1.10. The SMILES string of the molecule is Cc1cc(CN(C)CCc2cccs2)oc1CNC1CC1. The van der Waals surface area contributed by atoms with Crippen molar-refractivity contribution in [1.82, 2.24) is 10.2 Å². The molecule has 0 aliphatic heterocycles. The van der Waals surface area contributed by atoms with Crippen LogP contribution in [-0.4, -0.2) is 24.5 Å². The Morgan fingerprint density at radius 1 is 1.43 bits per heavy atom. The van der Waals surface area contributed by atoms with Gasteiger partial charge in [0, 0.05) is 17.5 Å². The highest BCUT2D eigenvalue weighted by atomic mass is 32.1. The molecule has 114 valence electrons. The van der Waals surface area contributed by atoms with Gasteiger partial charge in [0.15, 0.2) is 0 Å². The maximum atomic E-state index is 6.00. The lowest BCUT2D eigenvalue weighted by atomic mass is 10.2. The summed E-state index contributed by atoms with van der Waals surface area (Å²) >= 11 is 1.83. The van der Waals surface area contributed by atoms with Crippen molar-refractivity contribution in [2.24, 2.45) is 0 Å². The Morgan fingerprint density at radius 3 is 3.00 bits per heavy atom. The molecule has 1 saturated carbocycles. The second kappa shape index (κ2) is 6.77. The number of nitrogens with zero attached hydrogens (tertiary/aromatic N) is 1. The van der Waals surface area contributed by atoms with Crippen molar-refractivity contribution in [3.8, 4) is 0 Å². The smallest absolute Gasteiger partial charge is 0.120 e. The van der Waals surface area contributed by atoms with Gasteiger partial charge in [0.05, 0.1) is 13.1 Å². The molecule has 1 aliphatic carbocycles. The van der Waals surface area contributed by atoms with Crippen molar-refractivity contribution < 1.29 is 4.42 Å². The summed E-state index contributed by atoms with van der Waals surface area (Å²) in [7, 11) is 2.16. The van der Waals surface area contributed by atoms with Crippen LogP contribution in [0.15, 0.2) is 28.0 Å². The van der Waals surface area contributed by atoms with Gasteiger partial charge in [0.2, 0.25) is 0 Å². The molecule has 0 atom stereocenters. The average molecular weight is 304 g/mol. The van der Waals surface area contributed by atoms with Crippen LogP contribution in [-0.2, 0) is 19.5 Å². The van der Waals surface area contributed by atoms with Crippen LogP contribution in [0.3, 0.4) is 0 Å². The molecular weight excluding hydrogens is 280 g/mol. The van der Waals surface area contributed by atoms with Crippen molar-refractivity contribution >= 4 is 11.3 Å². The third-order valence-electron chi connectivity index (χ3n) is 3.95. The van der Waals surface area contributed by atoms with Gasteiger partial charge in [-0.05, 0) is 56.3 Å². The molecule has 3 nitrogen and oxygen atoms in total. The number of likely N-dealkylation sites (N-methyl/N-ethyl adjacent to an activating group) is 1. The van der Waals surface area contributed by atoms with Gasteiger partial charge >= 0.3 is 0 Å².